The van der Waals surface area contributed by atoms with E-state index in [-0.39, 0.29) is 0 Å². The molecule has 4 heteroatoms. The lowest BCUT2D eigenvalue weighted by atomic mass is 10.1. The molecule has 4 nitrogen and oxygen atoms in total. The predicted molar refractivity (Wildman–Crippen MR) is 161 cm³/mol. The highest BCUT2D eigenvalue weighted by Gasteiger charge is 1.94. The number of unbranched alkanes of at least 4 members (excludes halogenated alkanes) is 14. The Hall–Kier alpha value is -3.24. The molecule has 0 aliphatic rings. The maximum atomic E-state index is 4.31. The third-order valence-electron chi connectivity index (χ3n) is 6.32. The van der Waals surface area contributed by atoms with Crippen LogP contribution in [0.4, 0.5) is 0 Å². The molecule has 2 heterocycles. The van der Waals surface area contributed by atoms with Crippen LogP contribution in [0.1, 0.15) is 139 Å². The van der Waals surface area contributed by atoms with Crippen molar-refractivity contribution < 1.29 is 0 Å². The molecule has 0 N–H and O–H groups in total. The van der Waals surface area contributed by atoms with E-state index in [1.165, 1.54) is 89.9 Å². The topological polar surface area (TPSA) is 51.6 Å². The molecule has 2 aromatic rings. The number of allylic oxidation sites excluding steroid dienone is 2. The van der Waals surface area contributed by atoms with Gasteiger partial charge in [-0.15, -0.1) is 0 Å². The molecule has 202 valence electrons. The molecule has 0 amide bonds. The zero-order valence-corrected chi connectivity index (χ0v) is 23.7. The van der Waals surface area contributed by atoms with Gasteiger partial charge in [-0.05, 0) is 49.4 Å². The first-order valence-corrected chi connectivity index (χ1v) is 14.8. The van der Waals surface area contributed by atoms with E-state index in [4.69, 9.17) is 0 Å². The number of hydrogen-bond acceptors (Lipinski definition) is 4. The highest BCUT2D eigenvalue weighted by atomic mass is 14.9. The Morgan fingerprint density at radius 1 is 0.500 bits per heavy atom. The fourth-order valence-corrected chi connectivity index (χ4v) is 4.03. The molecule has 0 aliphatic carbocycles. The van der Waals surface area contributed by atoms with Crippen LogP contribution in [0.15, 0.2) is 36.9 Å². The molecule has 2 rings (SSSR count). The van der Waals surface area contributed by atoms with E-state index >= 15 is 0 Å². The molecule has 0 unspecified atom stereocenters. The lowest BCUT2D eigenvalue weighted by Crippen LogP contribution is -1.89. The summed E-state index contributed by atoms with van der Waals surface area (Å²) in [5.41, 5.74) is 1.99. The van der Waals surface area contributed by atoms with Crippen LogP contribution in [0.3, 0.4) is 0 Å². The third kappa shape index (κ3) is 15.8. The first-order valence-electron chi connectivity index (χ1n) is 14.8. The van der Waals surface area contributed by atoms with Crippen LogP contribution in [0.2, 0.25) is 0 Å². The monoisotopic (exact) mass is 510 g/mol. The van der Waals surface area contributed by atoms with E-state index in [2.05, 4.69) is 81.8 Å². The molecule has 0 spiro atoms. The molecular weight excluding hydrogens is 464 g/mol. The second-order valence-corrected chi connectivity index (χ2v) is 9.80. The molecule has 0 bridgehead atoms. The van der Waals surface area contributed by atoms with Crippen molar-refractivity contribution in [3.63, 3.8) is 0 Å². The van der Waals surface area contributed by atoms with Gasteiger partial charge in [0.1, 0.15) is 0 Å². The van der Waals surface area contributed by atoms with Gasteiger partial charge >= 0.3 is 0 Å². The summed E-state index contributed by atoms with van der Waals surface area (Å²) in [5.74, 6) is 12.3. The highest BCUT2D eigenvalue weighted by Crippen LogP contribution is 2.11. The summed E-state index contributed by atoms with van der Waals surface area (Å²) in [6, 6.07) is 0. The largest absolute Gasteiger partial charge is 0.229 e. The van der Waals surface area contributed by atoms with Gasteiger partial charge in [0.25, 0.3) is 0 Å². The van der Waals surface area contributed by atoms with E-state index in [0.29, 0.717) is 11.6 Å². The Morgan fingerprint density at radius 3 is 1.21 bits per heavy atom. The SMILES string of the molecule is CCCCCCCCC/C=C/c1cnc(C#CC#Cc2ncc(/C=C/CCCCCCCCC)cn2)nc1. The maximum Gasteiger partial charge on any atom is 0.205 e. The van der Waals surface area contributed by atoms with Crippen LogP contribution in [-0.4, -0.2) is 19.9 Å². The van der Waals surface area contributed by atoms with E-state index in [0.717, 1.165) is 24.0 Å². The summed E-state index contributed by atoms with van der Waals surface area (Å²) in [5, 5.41) is 0. The molecule has 0 aromatic carbocycles. The molecule has 2 aromatic heterocycles. The Morgan fingerprint density at radius 2 is 0.842 bits per heavy atom. The molecule has 0 aliphatic heterocycles. The second kappa shape index (κ2) is 21.8. The van der Waals surface area contributed by atoms with Gasteiger partial charge in [-0.2, -0.15) is 0 Å². The normalized spacial score (nSPS) is 10.9. The summed E-state index contributed by atoms with van der Waals surface area (Å²) < 4.78 is 0. The Kier molecular flexibility index (Phi) is 17.8. The van der Waals surface area contributed by atoms with Crippen LogP contribution >= 0.6 is 0 Å². The molecule has 38 heavy (non-hydrogen) atoms. The zero-order chi connectivity index (χ0) is 26.9. The molecular formula is C34H46N4. The van der Waals surface area contributed by atoms with Crippen molar-refractivity contribution in [2.45, 2.75) is 117 Å². The van der Waals surface area contributed by atoms with Crippen molar-refractivity contribution in [1.82, 2.24) is 19.9 Å². The van der Waals surface area contributed by atoms with Gasteiger partial charge in [-0.25, -0.2) is 19.9 Å². The summed E-state index contributed by atoms with van der Waals surface area (Å²) >= 11 is 0. The van der Waals surface area contributed by atoms with E-state index in [1.807, 2.05) is 0 Å². The van der Waals surface area contributed by atoms with Crippen molar-refractivity contribution in [3.05, 3.63) is 59.7 Å². The highest BCUT2D eigenvalue weighted by molar-refractivity contribution is 5.48. The first-order chi connectivity index (χ1) is 18.8. The summed E-state index contributed by atoms with van der Waals surface area (Å²) in [4.78, 5) is 17.3. The van der Waals surface area contributed by atoms with Crippen LogP contribution in [0, 0.1) is 23.7 Å². The summed E-state index contributed by atoms with van der Waals surface area (Å²) in [6.07, 6.45) is 36.6. The van der Waals surface area contributed by atoms with E-state index in [9.17, 15) is 0 Å². The van der Waals surface area contributed by atoms with Crippen molar-refractivity contribution in [2.75, 3.05) is 0 Å². The van der Waals surface area contributed by atoms with Gasteiger partial charge in [0.2, 0.25) is 11.6 Å². The Bertz CT molecular complexity index is 957. The summed E-state index contributed by atoms with van der Waals surface area (Å²) in [7, 11) is 0. The molecule has 0 fully saturated rings. The minimum Gasteiger partial charge on any atom is -0.229 e. The predicted octanol–water partition coefficient (Wildman–Crippen LogP) is 8.98. The smallest absolute Gasteiger partial charge is 0.205 e. The van der Waals surface area contributed by atoms with Gasteiger partial charge in [-0.3, -0.25) is 0 Å². The third-order valence-corrected chi connectivity index (χ3v) is 6.32. The van der Waals surface area contributed by atoms with Crippen molar-refractivity contribution in [2.24, 2.45) is 0 Å². The standard InChI is InChI=1S/C34H46N4/c1-3-5-7-9-11-13-15-17-19-23-31-27-35-33(36-28-31)25-21-22-26-34-37-29-32(30-38-34)24-20-18-16-14-12-10-8-6-4-2/h19-20,23-24,27-30H,3-18H2,1-2H3/b23-19+,24-20+. The van der Waals surface area contributed by atoms with Crippen LogP contribution < -0.4 is 0 Å². The molecule has 0 saturated carbocycles. The van der Waals surface area contributed by atoms with E-state index in [1.54, 1.807) is 24.8 Å². The first kappa shape index (κ1) is 31.0. The summed E-state index contributed by atoms with van der Waals surface area (Å²) in [6.45, 7) is 4.52. The van der Waals surface area contributed by atoms with E-state index < -0.39 is 0 Å². The van der Waals surface area contributed by atoms with Crippen LogP contribution in [0.5, 0.6) is 0 Å². The number of hydrogen-bond donors (Lipinski definition) is 0. The van der Waals surface area contributed by atoms with Crippen molar-refractivity contribution >= 4 is 12.2 Å². The van der Waals surface area contributed by atoms with Crippen molar-refractivity contribution in [3.8, 4) is 23.7 Å². The van der Waals surface area contributed by atoms with Gasteiger partial charge in [0.05, 0.1) is 0 Å². The van der Waals surface area contributed by atoms with Gasteiger partial charge in [0, 0.05) is 35.9 Å². The van der Waals surface area contributed by atoms with Gasteiger partial charge in [-0.1, -0.05) is 115 Å². The fourth-order valence-electron chi connectivity index (χ4n) is 4.03. The second-order valence-electron chi connectivity index (χ2n) is 9.80. The average molecular weight is 511 g/mol. The Labute approximate surface area is 231 Å². The quantitative estimate of drug-likeness (QED) is 0.148. The lowest BCUT2D eigenvalue weighted by Gasteiger charge is -1.99. The number of aromatic nitrogens is 4. The number of nitrogens with zero attached hydrogens (tertiary/aromatic N) is 4. The van der Waals surface area contributed by atoms with Gasteiger partial charge < -0.3 is 0 Å². The molecule has 0 atom stereocenters. The molecule has 0 radical (unpaired) electrons. The Balaban J connectivity index is 1.65. The lowest BCUT2D eigenvalue weighted by molar-refractivity contribution is 0.592. The molecule has 0 saturated heterocycles. The van der Waals surface area contributed by atoms with Crippen LogP contribution in [-0.2, 0) is 0 Å². The zero-order valence-electron chi connectivity index (χ0n) is 23.7. The average Bonchev–Trinajstić information content (AvgIpc) is 2.95. The maximum absolute atomic E-state index is 4.31. The minimum absolute atomic E-state index is 0.464. The van der Waals surface area contributed by atoms with Crippen molar-refractivity contribution in [1.29, 1.82) is 0 Å². The number of rotatable bonds is 18. The van der Waals surface area contributed by atoms with Gasteiger partial charge in [0.15, 0.2) is 0 Å². The fraction of sp³-hybridized carbons (Fsp3) is 0.529. The minimum atomic E-state index is 0.464. The van der Waals surface area contributed by atoms with Crippen LogP contribution in [0.25, 0.3) is 12.2 Å².